The number of phenolic OH excluding ortho intramolecular Hbond substituents is 1. The van der Waals surface area contributed by atoms with Gasteiger partial charge in [-0.15, -0.1) is 0 Å². The van der Waals surface area contributed by atoms with Gasteiger partial charge in [-0.25, -0.2) is 4.98 Å². The number of hydrogen-bond donors (Lipinski definition) is 1. The largest absolute Gasteiger partial charge is 0.508 e. The van der Waals surface area contributed by atoms with Gasteiger partial charge in [0.1, 0.15) is 5.75 Å². The van der Waals surface area contributed by atoms with E-state index >= 15 is 0 Å². The molecule has 0 unspecified atom stereocenters. The normalized spacial score (nSPS) is 11.8. The number of benzene rings is 2. The van der Waals surface area contributed by atoms with Crippen molar-refractivity contribution in [1.29, 1.82) is 0 Å². The summed E-state index contributed by atoms with van der Waals surface area (Å²) in [5.74, 6) is 0.244. The topological polar surface area (TPSA) is 46.0 Å². The van der Waals surface area contributed by atoms with E-state index in [9.17, 15) is 5.11 Å². The van der Waals surface area contributed by atoms with Crippen LogP contribution in [0.15, 0.2) is 79.1 Å². The SMILES string of the molecule is Oc1cccc(-c2cc(-c3cccnc3)c3c(n2)-c2ccccc2C3)c1. The van der Waals surface area contributed by atoms with E-state index in [-0.39, 0.29) is 5.75 Å². The molecule has 0 radical (unpaired) electrons. The molecule has 3 nitrogen and oxygen atoms in total. The van der Waals surface area contributed by atoms with Gasteiger partial charge in [-0.3, -0.25) is 4.98 Å². The molecule has 0 saturated heterocycles. The minimum absolute atomic E-state index is 0.244. The van der Waals surface area contributed by atoms with Crippen molar-refractivity contribution in [3.05, 3.63) is 90.3 Å². The Kier molecular flexibility index (Phi) is 3.32. The molecule has 1 aliphatic carbocycles. The molecule has 26 heavy (non-hydrogen) atoms. The standard InChI is InChI=1S/C23H16N2O/c26-18-8-3-6-16(11-18)22-13-20(17-7-4-10-24-14-17)21-12-15-5-1-2-9-19(15)23(21)25-22/h1-11,13-14,26H,12H2. The van der Waals surface area contributed by atoms with E-state index in [4.69, 9.17) is 4.98 Å². The molecule has 0 saturated carbocycles. The first-order valence-corrected chi connectivity index (χ1v) is 8.61. The molecule has 2 aromatic carbocycles. The average Bonchev–Trinajstić information content (AvgIpc) is 3.06. The molecule has 0 atom stereocenters. The van der Waals surface area contributed by atoms with Gasteiger partial charge in [0.2, 0.25) is 0 Å². The molecular formula is C23H16N2O. The van der Waals surface area contributed by atoms with Gasteiger partial charge in [-0.05, 0) is 41.0 Å². The van der Waals surface area contributed by atoms with E-state index in [2.05, 4.69) is 41.4 Å². The zero-order chi connectivity index (χ0) is 17.5. The van der Waals surface area contributed by atoms with Crippen LogP contribution in [0.4, 0.5) is 0 Å². The second-order valence-corrected chi connectivity index (χ2v) is 6.51. The van der Waals surface area contributed by atoms with E-state index in [1.807, 2.05) is 24.4 Å². The summed E-state index contributed by atoms with van der Waals surface area (Å²) >= 11 is 0. The summed E-state index contributed by atoms with van der Waals surface area (Å²) in [5.41, 5.74) is 8.75. The van der Waals surface area contributed by atoms with E-state index in [0.717, 1.165) is 34.5 Å². The molecule has 2 heterocycles. The molecule has 0 amide bonds. The summed E-state index contributed by atoms with van der Waals surface area (Å²) in [6.45, 7) is 0. The van der Waals surface area contributed by atoms with Gasteiger partial charge >= 0.3 is 0 Å². The van der Waals surface area contributed by atoms with Crippen molar-refractivity contribution in [3.63, 3.8) is 0 Å². The van der Waals surface area contributed by atoms with Crippen molar-refractivity contribution < 1.29 is 5.11 Å². The Balaban J connectivity index is 1.79. The first-order chi connectivity index (χ1) is 12.8. The third kappa shape index (κ3) is 2.37. The Morgan fingerprint density at radius 1 is 0.808 bits per heavy atom. The third-order valence-corrected chi connectivity index (χ3v) is 4.88. The fraction of sp³-hybridized carbons (Fsp3) is 0.0435. The summed E-state index contributed by atoms with van der Waals surface area (Å²) in [7, 11) is 0. The summed E-state index contributed by atoms with van der Waals surface area (Å²) in [6.07, 6.45) is 4.56. The van der Waals surface area contributed by atoms with E-state index in [1.54, 1.807) is 18.3 Å². The van der Waals surface area contributed by atoms with Crippen LogP contribution in [0, 0.1) is 0 Å². The predicted octanol–water partition coefficient (Wildman–Crippen LogP) is 5.09. The minimum Gasteiger partial charge on any atom is -0.508 e. The maximum atomic E-state index is 9.87. The molecule has 0 spiro atoms. The van der Waals surface area contributed by atoms with Crippen molar-refractivity contribution in [2.75, 3.05) is 0 Å². The Labute approximate surface area is 151 Å². The first-order valence-electron chi connectivity index (χ1n) is 8.61. The average molecular weight is 336 g/mol. The molecular weight excluding hydrogens is 320 g/mol. The Hall–Kier alpha value is -3.46. The molecule has 0 fully saturated rings. The summed E-state index contributed by atoms with van der Waals surface area (Å²) in [6, 6.07) is 21.8. The van der Waals surface area contributed by atoms with Crippen molar-refractivity contribution >= 4 is 0 Å². The maximum Gasteiger partial charge on any atom is 0.116 e. The zero-order valence-corrected chi connectivity index (χ0v) is 14.1. The zero-order valence-electron chi connectivity index (χ0n) is 14.1. The molecule has 124 valence electrons. The highest BCUT2D eigenvalue weighted by molar-refractivity contribution is 5.85. The fourth-order valence-electron chi connectivity index (χ4n) is 3.66. The summed E-state index contributed by atoms with van der Waals surface area (Å²) in [4.78, 5) is 9.25. The van der Waals surface area contributed by atoms with Gasteiger partial charge in [-0.1, -0.05) is 42.5 Å². The molecule has 2 aromatic heterocycles. The molecule has 1 N–H and O–H groups in total. The highest BCUT2D eigenvalue weighted by Crippen LogP contribution is 2.42. The number of rotatable bonds is 2. The van der Waals surface area contributed by atoms with Crippen molar-refractivity contribution in [3.8, 4) is 39.4 Å². The second-order valence-electron chi connectivity index (χ2n) is 6.51. The van der Waals surface area contributed by atoms with Crippen molar-refractivity contribution in [2.45, 2.75) is 6.42 Å². The number of aromatic hydroxyl groups is 1. The lowest BCUT2D eigenvalue weighted by Crippen LogP contribution is -1.94. The molecule has 0 bridgehead atoms. The lowest BCUT2D eigenvalue weighted by molar-refractivity contribution is 0.475. The fourth-order valence-corrected chi connectivity index (χ4v) is 3.66. The lowest BCUT2D eigenvalue weighted by Gasteiger charge is -2.12. The molecule has 0 aliphatic heterocycles. The highest BCUT2D eigenvalue weighted by Gasteiger charge is 2.24. The van der Waals surface area contributed by atoms with Crippen molar-refractivity contribution in [1.82, 2.24) is 9.97 Å². The molecule has 4 aromatic rings. The van der Waals surface area contributed by atoms with E-state index < -0.39 is 0 Å². The number of fused-ring (bicyclic) bond motifs is 3. The van der Waals surface area contributed by atoms with Crippen molar-refractivity contribution in [2.24, 2.45) is 0 Å². The Bertz CT molecular complexity index is 1120. The van der Waals surface area contributed by atoms with Crippen LogP contribution < -0.4 is 0 Å². The molecule has 3 heteroatoms. The van der Waals surface area contributed by atoms with Gasteiger partial charge in [-0.2, -0.15) is 0 Å². The van der Waals surface area contributed by atoms with Crippen LogP contribution in [0.2, 0.25) is 0 Å². The number of pyridine rings is 2. The summed E-state index contributed by atoms with van der Waals surface area (Å²) in [5, 5.41) is 9.87. The quantitative estimate of drug-likeness (QED) is 0.488. The number of hydrogen-bond acceptors (Lipinski definition) is 3. The smallest absolute Gasteiger partial charge is 0.116 e. The monoisotopic (exact) mass is 336 g/mol. The minimum atomic E-state index is 0.244. The van der Waals surface area contributed by atoms with Crippen LogP contribution in [0.1, 0.15) is 11.1 Å². The number of nitrogens with zero attached hydrogens (tertiary/aromatic N) is 2. The van der Waals surface area contributed by atoms with Crippen LogP contribution in [0.25, 0.3) is 33.6 Å². The predicted molar refractivity (Wildman–Crippen MR) is 103 cm³/mol. The molecule has 1 aliphatic rings. The van der Waals surface area contributed by atoms with Gasteiger partial charge in [0.15, 0.2) is 0 Å². The third-order valence-electron chi connectivity index (χ3n) is 4.88. The van der Waals surface area contributed by atoms with Gasteiger partial charge < -0.3 is 5.11 Å². The number of phenols is 1. The number of aromatic nitrogens is 2. The first kappa shape index (κ1) is 14.8. The Morgan fingerprint density at radius 3 is 2.54 bits per heavy atom. The van der Waals surface area contributed by atoms with Gasteiger partial charge in [0, 0.05) is 35.5 Å². The highest BCUT2D eigenvalue weighted by atomic mass is 16.3. The van der Waals surface area contributed by atoms with Crippen LogP contribution >= 0.6 is 0 Å². The van der Waals surface area contributed by atoms with E-state index in [0.29, 0.717) is 0 Å². The summed E-state index contributed by atoms with van der Waals surface area (Å²) < 4.78 is 0. The van der Waals surface area contributed by atoms with Crippen LogP contribution in [0.5, 0.6) is 5.75 Å². The molecule has 5 rings (SSSR count). The Morgan fingerprint density at radius 2 is 1.69 bits per heavy atom. The van der Waals surface area contributed by atoms with Gasteiger partial charge in [0.25, 0.3) is 0 Å². The lowest BCUT2D eigenvalue weighted by atomic mass is 9.97. The van der Waals surface area contributed by atoms with Crippen LogP contribution in [-0.4, -0.2) is 15.1 Å². The van der Waals surface area contributed by atoms with Gasteiger partial charge in [0.05, 0.1) is 11.4 Å². The van der Waals surface area contributed by atoms with Crippen LogP contribution in [-0.2, 0) is 6.42 Å². The van der Waals surface area contributed by atoms with E-state index in [1.165, 1.54) is 16.7 Å². The van der Waals surface area contributed by atoms with Crippen LogP contribution in [0.3, 0.4) is 0 Å². The maximum absolute atomic E-state index is 9.87. The second kappa shape index (κ2) is 5.81.